The molecule has 158 valence electrons. The molecule has 2 N–H and O–H groups in total. The molecule has 0 atom stereocenters. The number of anilines is 1. The first-order chi connectivity index (χ1) is 14.2. The summed E-state index contributed by atoms with van der Waals surface area (Å²) in [6, 6.07) is 0. The van der Waals surface area contributed by atoms with Crippen molar-refractivity contribution in [2.24, 2.45) is 14.1 Å². The van der Waals surface area contributed by atoms with Crippen LogP contribution in [0.4, 0.5) is 11.5 Å². The van der Waals surface area contributed by atoms with E-state index >= 15 is 0 Å². The molecule has 0 aliphatic rings. The smallest absolute Gasteiger partial charge is 0.358 e. The molecule has 0 unspecified atom stereocenters. The molecule has 0 spiro atoms. The number of carbonyl (C=O) groups excluding carboxylic acids is 2. The number of hydrogen-bond acceptors (Lipinski definition) is 7. The fraction of sp³-hybridized carbons (Fsp3) is 0.312. The number of carbonyl (C=O) groups is 2. The Morgan fingerprint density at radius 3 is 2.63 bits per heavy atom. The lowest BCUT2D eigenvalue weighted by atomic mass is 10.3. The molecule has 0 saturated carbocycles. The van der Waals surface area contributed by atoms with Gasteiger partial charge in [-0.3, -0.25) is 19.0 Å². The van der Waals surface area contributed by atoms with Crippen molar-refractivity contribution in [2.75, 3.05) is 5.32 Å². The van der Waals surface area contributed by atoms with Gasteiger partial charge in [-0.2, -0.15) is 14.9 Å². The molecular formula is C16H18BrN9O4. The van der Waals surface area contributed by atoms with Crippen LogP contribution in [0.15, 0.2) is 29.3 Å². The number of nitrogens with zero attached hydrogens (tertiary/aromatic N) is 7. The Hall–Kier alpha value is -3.55. The molecule has 13 nitrogen and oxygen atoms in total. The zero-order chi connectivity index (χ0) is 21.8. The first-order valence-corrected chi connectivity index (χ1v) is 9.49. The Kier molecular flexibility index (Phi) is 6.25. The molecule has 14 heteroatoms. The van der Waals surface area contributed by atoms with Gasteiger partial charge in [0.05, 0.1) is 35.9 Å². The largest absolute Gasteiger partial charge is 0.404 e. The summed E-state index contributed by atoms with van der Waals surface area (Å²) in [5, 5.41) is 28.1. The minimum absolute atomic E-state index is 0.00306. The molecule has 3 aromatic rings. The summed E-state index contributed by atoms with van der Waals surface area (Å²) >= 11 is 3.05. The van der Waals surface area contributed by atoms with Crippen LogP contribution < -0.4 is 10.6 Å². The van der Waals surface area contributed by atoms with Crippen LogP contribution in [-0.2, 0) is 32.0 Å². The number of aromatic nitrogens is 6. The number of aryl methyl sites for hydroxylation is 3. The van der Waals surface area contributed by atoms with Gasteiger partial charge in [-0.15, -0.1) is 0 Å². The summed E-state index contributed by atoms with van der Waals surface area (Å²) < 4.78 is 4.52. The van der Waals surface area contributed by atoms with E-state index in [1.807, 2.05) is 0 Å². The number of hydrogen-bond donors (Lipinski definition) is 2. The number of rotatable bonds is 8. The Morgan fingerprint density at radius 1 is 1.23 bits per heavy atom. The average molecular weight is 480 g/mol. The van der Waals surface area contributed by atoms with E-state index in [0.717, 1.165) is 5.56 Å². The maximum Gasteiger partial charge on any atom is 0.404 e. The van der Waals surface area contributed by atoms with Gasteiger partial charge in [-0.1, -0.05) is 0 Å². The second kappa shape index (κ2) is 8.86. The van der Waals surface area contributed by atoms with Gasteiger partial charge in [0.1, 0.15) is 10.2 Å². The molecule has 3 heterocycles. The number of halogens is 1. The predicted octanol–water partition coefficient (Wildman–Crippen LogP) is 0.980. The van der Waals surface area contributed by atoms with E-state index in [4.69, 9.17) is 0 Å². The van der Waals surface area contributed by atoms with Crippen molar-refractivity contribution in [1.82, 2.24) is 34.7 Å². The summed E-state index contributed by atoms with van der Waals surface area (Å²) in [5.41, 5.74) is 1.29. The molecule has 0 aliphatic heterocycles. The van der Waals surface area contributed by atoms with E-state index < -0.39 is 16.7 Å². The van der Waals surface area contributed by atoms with Crippen molar-refractivity contribution in [1.29, 1.82) is 0 Å². The van der Waals surface area contributed by atoms with Gasteiger partial charge in [0, 0.05) is 38.8 Å². The van der Waals surface area contributed by atoms with E-state index in [2.05, 4.69) is 41.9 Å². The molecule has 3 rings (SSSR count). The van der Waals surface area contributed by atoms with Crippen molar-refractivity contribution < 1.29 is 14.5 Å². The second-order valence-corrected chi connectivity index (χ2v) is 7.21. The molecule has 2 amide bonds. The van der Waals surface area contributed by atoms with Gasteiger partial charge in [0.2, 0.25) is 5.91 Å². The summed E-state index contributed by atoms with van der Waals surface area (Å²) in [6.45, 7) is 0.402. The van der Waals surface area contributed by atoms with Gasteiger partial charge in [0.15, 0.2) is 0 Å². The van der Waals surface area contributed by atoms with Crippen LogP contribution in [0.25, 0.3) is 0 Å². The first kappa shape index (κ1) is 21.2. The quantitative estimate of drug-likeness (QED) is 0.360. The van der Waals surface area contributed by atoms with E-state index in [9.17, 15) is 19.7 Å². The van der Waals surface area contributed by atoms with Crippen molar-refractivity contribution in [2.45, 2.75) is 19.5 Å². The summed E-state index contributed by atoms with van der Waals surface area (Å²) in [4.78, 5) is 35.1. The van der Waals surface area contributed by atoms with Crippen LogP contribution in [0.3, 0.4) is 0 Å². The van der Waals surface area contributed by atoms with Crippen molar-refractivity contribution >= 4 is 39.2 Å². The molecule has 3 aromatic heterocycles. The second-order valence-electron chi connectivity index (χ2n) is 6.35. The third-order valence-corrected chi connectivity index (χ3v) is 4.64. The molecule has 0 bridgehead atoms. The third-order valence-electron chi connectivity index (χ3n) is 4.08. The molecule has 0 fully saturated rings. The highest BCUT2D eigenvalue weighted by Gasteiger charge is 2.21. The standard InChI is InChI=1S/C16H18BrN9O4/c1-23-8-10(6-19-23)5-18-16(28)14-12(7-20-24(14)2)21-13(27)3-4-25-9-11(17)15(22-25)26(29)30/h6-9H,3-5H2,1-2H3,(H,18,28)(H,21,27). The molecule has 0 saturated heterocycles. The molecule has 30 heavy (non-hydrogen) atoms. The predicted molar refractivity (Wildman–Crippen MR) is 107 cm³/mol. The van der Waals surface area contributed by atoms with Crippen LogP contribution in [0.2, 0.25) is 0 Å². The lowest BCUT2D eigenvalue weighted by molar-refractivity contribution is -0.390. The highest BCUT2D eigenvalue weighted by atomic mass is 79.9. The minimum atomic E-state index is -0.618. The lowest BCUT2D eigenvalue weighted by Gasteiger charge is -2.08. The summed E-state index contributed by atoms with van der Waals surface area (Å²) in [6.07, 6.45) is 6.23. The number of amides is 2. The van der Waals surface area contributed by atoms with E-state index in [-0.39, 0.29) is 41.2 Å². The first-order valence-electron chi connectivity index (χ1n) is 8.69. The highest BCUT2D eigenvalue weighted by molar-refractivity contribution is 9.10. The van der Waals surface area contributed by atoms with Crippen LogP contribution in [-0.4, -0.2) is 46.1 Å². The average Bonchev–Trinajstić information content (AvgIpc) is 3.37. The van der Waals surface area contributed by atoms with Gasteiger partial charge in [0.25, 0.3) is 5.91 Å². The van der Waals surface area contributed by atoms with E-state index in [1.54, 1.807) is 31.2 Å². The summed E-state index contributed by atoms with van der Waals surface area (Å²) in [5.74, 6) is -1.12. The fourth-order valence-electron chi connectivity index (χ4n) is 2.68. The monoisotopic (exact) mass is 479 g/mol. The molecule has 0 aliphatic carbocycles. The zero-order valence-corrected chi connectivity index (χ0v) is 17.7. The fourth-order valence-corrected chi connectivity index (χ4v) is 3.14. The third kappa shape index (κ3) is 4.89. The van der Waals surface area contributed by atoms with Crippen molar-refractivity contribution in [3.8, 4) is 0 Å². The van der Waals surface area contributed by atoms with Gasteiger partial charge in [-0.25, -0.2) is 0 Å². The highest BCUT2D eigenvalue weighted by Crippen LogP contribution is 2.22. The van der Waals surface area contributed by atoms with Crippen molar-refractivity contribution in [3.05, 3.63) is 50.6 Å². The van der Waals surface area contributed by atoms with E-state index in [0.29, 0.717) is 0 Å². The SMILES string of the molecule is Cn1cc(CNC(=O)c2c(NC(=O)CCn3cc(Br)c([N+](=O)[O-])n3)cnn2C)cn1. The number of nitrogens with one attached hydrogen (secondary N) is 2. The zero-order valence-electron chi connectivity index (χ0n) is 16.1. The topological polar surface area (TPSA) is 155 Å². The van der Waals surface area contributed by atoms with Crippen LogP contribution in [0, 0.1) is 10.1 Å². The van der Waals surface area contributed by atoms with Gasteiger partial charge >= 0.3 is 5.82 Å². The lowest BCUT2D eigenvalue weighted by Crippen LogP contribution is -2.26. The van der Waals surface area contributed by atoms with Gasteiger partial charge < -0.3 is 20.7 Å². The normalized spacial score (nSPS) is 10.8. The maximum absolute atomic E-state index is 12.6. The van der Waals surface area contributed by atoms with Gasteiger partial charge in [-0.05, 0) is 20.9 Å². The number of nitro groups is 1. The summed E-state index contributed by atoms with van der Waals surface area (Å²) in [7, 11) is 3.37. The molecule has 0 radical (unpaired) electrons. The Bertz CT molecular complexity index is 1100. The Balaban J connectivity index is 1.60. The van der Waals surface area contributed by atoms with E-state index in [1.165, 1.54) is 21.8 Å². The molecular weight excluding hydrogens is 462 g/mol. The minimum Gasteiger partial charge on any atom is -0.358 e. The van der Waals surface area contributed by atoms with Crippen LogP contribution >= 0.6 is 15.9 Å². The van der Waals surface area contributed by atoms with Crippen LogP contribution in [0.1, 0.15) is 22.5 Å². The Labute approximate surface area is 178 Å². The maximum atomic E-state index is 12.6. The van der Waals surface area contributed by atoms with Crippen LogP contribution in [0.5, 0.6) is 0 Å². The molecule has 0 aromatic carbocycles. The van der Waals surface area contributed by atoms with Crippen molar-refractivity contribution in [3.63, 3.8) is 0 Å². The Morgan fingerprint density at radius 2 is 2.00 bits per heavy atom.